The van der Waals surface area contributed by atoms with Crippen molar-refractivity contribution in [3.8, 4) is 0 Å². The summed E-state index contributed by atoms with van der Waals surface area (Å²) >= 11 is 0. The summed E-state index contributed by atoms with van der Waals surface area (Å²) < 4.78 is 5.60. The number of nitrogens with zero attached hydrogens (tertiary/aromatic N) is 3. The predicted octanol–water partition coefficient (Wildman–Crippen LogP) is 0.760. The molecule has 2 N–H and O–H groups in total. The number of hydrogen-bond acceptors (Lipinski definition) is 5. The van der Waals surface area contributed by atoms with Gasteiger partial charge in [-0.3, -0.25) is 0 Å². The molecule has 15 heavy (non-hydrogen) atoms. The maximum absolute atomic E-state index is 5.83. The Balaban J connectivity index is 1.98. The second-order valence-corrected chi connectivity index (χ2v) is 3.82. The Labute approximate surface area is 86.9 Å². The number of fused-ring (bicyclic) bond motifs is 1. The fourth-order valence-corrected chi connectivity index (χ4v) is 1.85. The van der Waals surface area contributed by atoms with Crippen molar-refractivity contribution < 1.29 is 4.42 Å². The van der Waals surface area contributed by atoms with Gasteiger partial charge >= 0.3 is 0 Å². The SMILES string of the molecule is NC1CCN(c2nc3ncccc3o2)C1. The smallest absolute Gasteiger partial charge is 0.299 e. The van der Waals surface area contributed by atoms with Crippen LogP contribution in [0.15, 0.2) is 22.7 Å². The van der Waals surface area contributed by atoms with Crippen LogP contribution >= 0.6 is 0 Å². The largest absolute Gasteiger partial charge is 0.422 e. The lowest BCUT2D eigenvalue weighted by Gasteiger charge is -2.11. The number of anilines is 1. The Morgan fingerprint density at radius 3 is 3.20 bits per heavy atom. The first-order chi connectivity index (χ1) is 7.33. The van der Waals surface area contributed by atoms with Crippen molar-refractivity contribution in [3.05, 3.63) is 18.3 Å². The second-order valence-electron chi connectivity index (χ2n) is 3.82. The number of hydrogen-bond donors (Lipinski definition) is 1. The molecule has 1 unspecified atom stereocenters. The molecule has 1 saturated heterocycles. The molecular weight excluding hydrogens is 192 g/mol. The number of aromatic nitrogens is 2. The molecule has 3 rings (SSSR count). The summed E-state index contributed by atoms with van der Waals surface area (Å²) in [5, 5.41) is 0. The molecule has 1 atom stereocenters. The van der Waals surface area contributed by atoms with Crippen LogP contribution in [0.25, 0.3) is 11.2 Å². The summed E-state index contributed by atoms with van der Waals surface area (Å²) in [7, 11) is 0. The van der Waals surface area contributed by atoms with Crippen molar-refractivity contribution in [1.82, 2.24) is 9.97 Å². The van der Waals surface area contributed by atoms with Crippen molar-refractivity contribution >= 4 is 17.2 Å². The highest BCUT2D eigenvalue weighted by Gasteiger charge is 2.23. The van der Waals surface area contributed by atoms with Crippen LogP contribution in [-0.4, -0.2) is 29.1 Å². The maximum atomic E-state index is 5.83. The number of pyridine rings is 1. The van der Waals surface area contributed by atoms with Crippen molar-refractivity contribution in [3.63, 3.8) is 0 Å². The van der Waals surface area contributed by atoms with E-state index in [1.54, 1.807) is 6.20 Å². The molecular formula is C10H12N4O. The van der Waals surface area contributed by atoms with Crippen molar-refractivity contribution in [2.75, 3.05) is 18.0 Å². The van der Waals surface area contributed by atoms with E-state index >= 15 is 0 Å². The van der Waals surface area contributed by atoms with E-state index in [1.807, 2.05) is 12.1 Å². The predicted molar refractivity (Wildman–Crippen MR) is 56.6 cm³/mol. The first-order valence-corrected chi connectivity index (χ1v) is 5.05. The highest BCUT2D eigenvalue weighted by atomic mass is 16.4. The zero-order chi connectivity index (χ0) is 10.3. The van der Waals surface area contributed by atoms with Crippen LogP contribution in [0.4, 0.5) is 6.01 Å². The van der Waals surface area contributed by atoms with Crippen LogP contribution in [-0.2, 0) is 0 Å². The first-order valence-electron chi connectivity index (χ1n) is 5.05. The molecule has 0 spiro atoms. The Morgan fingerprint density at radius 2 is 2.47 bits per heavy atom. The molecule has 1 aliphatic rings. The molecule has 0 bridgehead atoms. The van der Waals surface area contributed by atoms with Crippen LogP contribution < -0.4 is 10.6 Å². The highest BCUT2D eigenvalue weighted by Crippen LogP contribution is 2.22. The zero-order valence-corrected chi connectivity index (χ0v) is 8.26. The lowest BCUT2D eigenvalue weighted by atomic mass is 10.3. The fourth-order valence-electron chi connectivity index (χ4n) is 1.85. The Hall–Kier alpha value is -1.62. The van der Waals surface area contributed by atoms with Crippen LogP contribution in [0, 0.1) is 0 Å². The van der Waals surface area contributed by atoms with Crippen LogP contribution in [0.3, 0.4) is 0 Å². The summed E-state index contributed by atoms with van der Waals surface area (Å²) in [6, 6.07) is 4.58. The van der Waals surface area contributed by atoms with Crippen molar-refractivity contribution in [2.45, 2.75) is 12.5 Å². The third-order valence-corrected chi connectivity index (χ3v) is 2.65. The first kappa shape index (κ1) is 8.67. The van der Waals surface area contributed by atoms with E-state index < -0.39 is 0 Å². The molecule has 0 radical (unpaired) electrons. The fraction of sp³-hybridized carbons (Fsp3) is 0.400. The van der Waals surface area contributed by atoms with E-state index in [0.29, 0.717) is 11.7 Å². The average molecular weight is 204 g/mol. The molecule has 3 heterocycles. The lowest BCUT2D eigenvalue weighted by Crippen LogP contribution is -2.26. The molecule has 0 amide bonds. The summed E-state index contributed by atoms with van der Waals surface area (Å²) in [5.74, 6) is 0. The minimum absolute atomic E-state index is 0.230. The van der Waals surface area contributed by atoms with E-state index in [2.05, 4.69) is 14.9 Å². The molecule has 2 aromatic rings. The highest BCUT2D eigenvalue weighted by molar-refractivity contribution is 5.69. The van der Waals surface area contributed by atoms with Gasteiger partial charge in [0.05, 0.1) is 0 Å². The number of nitrogens with two attached hydrogens (primary N) is 1. The van der Waals surface area contributed by atoms with Crippen LogP contribution in [0.2, 0.25) is 0 Å². The molecule has 0 saturated carbocycles. The van der Waals surface area contributed by atoms with Gasteiger partial charge in [0, 0.05) is 25.3 Å². The minimum Gasteiger partial charge on any atom is -0.422 e. The van der Waals surface area contributed by atoms with Gasteiger partial charge in [-0.05, 0) is 18.6 Å². The Morgan fingerprint density at radius 1 is 1.53 bits per heavy atom. The van der Waals surface area contributed by atoms with Gasteiger partial charge in [-0.1, -0.05) is 0 Å². The molecule has 78 valence electrons. The Bertz CT molecular complexity index is 448. The summed E-state index contributed by atoms with van der Waals surface area (Å²) in [5.41, 5.74) is 7.22. The van der Waals surface area contributed by atoms with Crippen molar-refractivity contribution in [2.24, 2.45) is 5.73 Å². The van der Waals surface area contributed by atoms with E-state index in [9.17, 15) is 0 Å². The number of oxazole rings is 1. The summed E-state index contributed by atoms with van der Waals surface area (Å²) in [6.07, 6.45) is 2.70. The topological polar surface area (TPSA) is 68.2 Å². The van der Waals surface area contributed by atoms with Gasteiger partial charge < -0.3 is 15.1 Å². The van der Waals surface area contributed by atoms with Crippen molar-refractivity contribution in [1.29, 1.82) is 0 Å². The summed E-state index contributed by atoms with van der Waals surface area (Å²) in [4.78, 5) is 10.5. The minimum atomic E-state index is 0.230. The zero-order valence-electron chi connectivity index (χ0n) is 8.26. The van der Waals surface area contributed by atoms with E-state index in [-0.39, 0.29) is 6.04 Å². The van der Waals surface area contributed by atoms with Crippen LogP contribution in [0.5, 0.6) is 0 Å². The van der Waals surface area contributed by atoms with Crippen LogP contribution in [0.1, 0.15) is 6.42 Å². The van der Waals surface area contributed by atoms with Gasteiger partial charge in [-0.15, -0.1) is 0 Å². The number of rotatable bonds is 1. The van der Waals surface area contributed by atoms with Gasteiger partial charge in [0.2, 0.25) is 5.65 Å². The standard InChI is InChI=1S/C10H12N4O/c11-7-3-5-14(6-7)10-13-9-8(15-10)2-1-4-12-9/h1-2,4,7H,3,5-6,11H2. The van der Waals surface area contributed by atoms with Gasteiger partial charge in [-0.25, -0.2) is 4.98 Å². The van der Waals surface area contributed by atoms with Gasteiger partial charge in [0.15, 0.2) is 5.58 Å². The Kier molecular flexibility index (Phi) is 1.85. The molecule has 0 aliphatic carbocycles. The third kappa shape index (κ3) is 1.45. The third-order valence-electron chi connectivity index (χ3n) is 2.65. The van der Waals surface area contributed by atoms with Gasteiger partial charge in [0.25, 0.3) is 6.01 Å². The van der Waals surface area contributed by atoms with E-state index in [4.69, 9.17) is 10.2 Å². The molecule has 2 aromatic heterocycles. The second kappa shape index (κ2) is 3.20. The molecule has 5 nitrogen and oxygen atoms in total. The monoisotopic (exact) mass is 204 g/mol. The quantitative estimate of drug-likeness (QED) is 0.742. The van der Waals surface area contributed by atoms with Gasteiger partial charge in [0.1, 0.15) is 0 Å². The average Bonchev–Trinajstić information content (AvgIpc) is 2.82. The van der Waals surface area contributed by atoms with E-state index in [1.165, 1.54) is 0 Å². The normalized spacial score (nSPS) is 21.4. The van der Waals surface area contributed by atoms with Gasteiger partial charge in [-0.2, -0.15) is 4.98 Å². The summed E-state index contributed by atoms with van der Waals surface area (Å²) in [6.45, 7) is 1.72. The molecule has 1 aliphatic heterocycles. The molecule has 0 aromatic carbocycles. The van der Waals surface area contributed by atoms with E-state index in [0.717, 1.165) is 25.1 Å². The lowest BCUT2D eigenvalue weighted by molar-refractivity contribution is 0.583. The maximum Gasteiger partial charge on any atom is 0.299 e. The molecule has 5 heteroatoms. The molecule has 1 fully saturated rings.